The number of rotatable bonds is 2. The third-order valence-corrected chi connectivity index (χ3v) is 6.71. The average Bonchev–Trinajstić information content (AvgIpc) is 2.82. The highest BCUT2D eigenvalue weighted by Crippen LogP contribution is 2.55. The molecule has 0 aliphatic heterocycles. The fraction of sp³-hybridized carbons (Fsp3) is 0.292. The topological polar surface area (TPSA) is 88.9 Å². The van der Waals surface area contributed by atoms with E-state index in [9.17, 15) is 9.90 Å². The highest BCUT2D eigenvalue weighted by Gasteiger charge is 2.54. The van der Waals surface area contributed by atoms with Crippen molar-refractivity contribution in [2.45, 2.75) is 31.6 Å². The van der Waals surface area contributed by atoms with Gasteiger partial charge in [0.1, 0.15) is 6.33 Å². The molecule has 30 heavy (non-hydrogen) atoms. The Balaban J connectivity index is 1.78. The summed E-state index contributed by atoms with van der Waals surface area (Å²) in [7, 11) is 0. The number of carbonyl (C=O) groups is 1. The Morgan fingerprint density at radius 3 is 2.63 bits per heavy atom. The number of benzene rings is 1. The van der Waals surface area contributed by atoms with Crippen LogP contribution in [0.25, 0.3) is 11.4 Å². The predicted molar refractivity (Wildman–Crippen MR) is 112 cm³/mol. The van der Waals surface area contributed by atoms with Crippen molar-refractivity contribution in [2.75, 3.05) is 0 Å². The number of carbonyl (C=O) groups excluding carboxylic acids is 1. The summed E-state index contributed by atoms with van der Waals surface area (Å²) >= 11 is 0. The summed E-state index contributed by atoms with van der Waals surface area (Å²) in [5.74, 6) is 0.495. The van der Waals surface area contributed by atoms with E-state index in [0.717, 1.165) is 41.5 Å². The van der Waals surface area contributed by atoms with Crippen LogP contribution in [-0.2, 0) is 16.6 Å². The van der Waals surface area contributed by atoms with Crippen LogP contribution in [0.3, 0.4) is 0 Å². The van der Waals surface area contributed by atoms with Crippen LogP contribution in [0, 0.1) is 11.8 Å². The Labute approximate surface area is 174 Å². The van der Waals surface area contributed by atoms with Crippen LogP contribution >= 0.6 is 0 Å². The Bertz CT molecular complexity index is 1130. The number of hydrogen-bond donors (Lipinski definition) is 1. The number of fused-ring (bicyclic) bond motifs is 3. The van der Waals surface area contributed by atoms with Crippen LogP contribution in [0.1, 0.15) is 36.6 Å². The first-order valence-corrected chi connectivity index (χ1v) is 10.2. The lowest BCUT2D eigenvalue weighted by Gasteiger charge is -2.50. The van der Waals surface area contributed by atoms with Gasteiger partial charge in [0, 0.05) is 35.5 Å². The Kier molecular flexibility index (Phi) is 4.42. The quantitative estimate of drug-likeness (QED) is 0.521. The third kappa shape index (κ3) is 2.67. The van der Waals surface area contributed by atoms with Crippen molar-refractivity contribution >= 4 is 5.78 Å². The first-order chi connectivity index (χ1) is 14.6. The fourth-order valence-corrected chi connectivity index (χ4v) is 5.31. The molecule has 5 rings (SSSR count). The summed E-state index contributed by atoms with van der Waals surface area (Å²) in [5, 5.41) is 9.88. The Morgan fingerprint density at radius 1 is 1.13 bits per heavy atom. The summed E-state index contributed by atoms with van der Waals surface area (Å²) in [6, 6.07) is 10.2. The number of allylic oxidation sites excluding steroid dienone is 1. The van der Waals surface area contributed by atoms with E-state index in [-0.39, 0.29) is 17.6 Å². The van der Waals surface area contributed by atoms with Gasteiger partial charge in [-0.25, -0.2) is 19.9 Å². The molecule has 2 heterocycles. The number of Topliss-reactive ketones (excluding diaryl/α,β-unsaturated/α-hetero) is 1. The zero-order valence-corrected chi connectivity index (χ0v) is 16.7. The number of aromatic nitrogens is 4. The molecule has 0 unspecified atom stereocenters. The molecule has 0 bridgehead atoms. The lowest BCUT2D eigenvalue weighted by atomic mass is 9.52. The molecule has 3 atom stereocenters. The van der Waals surface area contributed by atoms with E-state index in [2.05, 4.69) is 27.1 Å². The van der Waals surface area contributed by atoms with E-state index in [1.807, 2.05) is 31.3 Å². The van der Waals surface area contributed by atoms with Gasteiger partial charge in [-0.05, 0) is 36.3 Å². The number of nitrogens with zero attached hydrogens (tertiary/aromatic N) is 4. The van der Waals surface area contributed by atoms with Crippen molar-refractivity contribution in [1.29, 1.82) is 0 Å². The first kappa shape index (κ1) is 18.6. The summed E-state index contributed by atoms with van der Waals surface area (Å²) in [6.45, 7) is 1.98. The Morgan fingerprint density at radius 2 is 1.90 bits per heavy atom. The molecule has 6 nitrogen and oxygen atoms in total. The van der Waals surface area contributed by atoms with Crippen LogP contribution in [0.2, 0.25) is 0 Å². The molecule has 1 saturated carbocycles. The molecule has 6 heteroatoms. The lowest BCUT2D eigenvalue weighted by molar-refractivity contribution is -0.123. The molecule has 1 N–H and O–H groups in total. The molecule has 1 fully saturated rings. The molecule has 2 aromatic heterocycles. The van der Waals surface area contributed by atoms with Gasteiger partial charge in [0.05, 0.1) is 17.5 Å². The minimum atomic E-state index is -0.496. The summed E-state index contributed by atoms with van der Waals surface area (Å²) in [6.07, 6.45) is 9.91. The second-order valence-corrected chi connectivity index (χ2v) is 8.16. The van der Waals surface area contributed by atoms with Gasteiger partial charge >= 0.3 is 0 Å². The van der Waals surface area contributed by atoms with Crippen molar-refractivity contribution in [1.82, 2.24) is 19.9 Å². The van der Waals surface area contributed by atoms with Crippen molar-refractivity contribution in [3.8, 4) is 11.4 Å². The van der Waals surface area contributed by atoms with Gasteiger partial charge in [-0.15, -0.1) is 0 Å². The smallest absolute Gasteiger partial charge is 0.165 e. The number of aliphatic hydroxyl groups excluding tert-OH is 1. The third-order valence-electron chi connectivity index (χ3n) is 6.71. The van der Waals surface area contributed by atoms with E-state index in [1.165, 1.54) is 6.33 Å². The normalized spacial score (nSPS) is 26.8. The highest BCUT2D eigenvalue weighted by molar-refractivity contribution is 5.98. The van der Waals surface area contributed by atoms with Crippen LogP contribution < -0.4 is 0 Å². The van der Waals surface area contributed by atoms with Crippen LogP contribution in [0.15, 0.2) is 67.1 Å². The average molecular weight is 398 g/mol. The molecule has 2 aliphatic carbocycles. The fourth-order valence-electron chi connectivity index (χ4n) is 5.31. The van der Waals surface area contributed by atoms with Gasteiger partial charge in [-0.3, -0.25) is 4.79 Å². The zero-order valence-electron chi connectivity index (χ0n) is 16.7. The molecule has 1 aromatic carbocycles. The maximum absolute atomic E-state index is 12.9. The summed E-state index contributed by atoms with van der Waals surface area (Å²) < 4.78 is 0. The van der Waals surface area contributed by atoms with Crippen molar-refractivity contribution in [3.63, 3.8) is 0 Å². The standard InChI is InChI=1S/C24H22N4O2/c1-15-20-8-7-16-12-27-23(18-10-25-14-26-11-18)28-22(16)24(20,9-17(13-29)21(15)30)19-5-3-2-4-6-19/h2-6,10-15,20,29H,7-9H2,1H3/b17-13-/t15-,20-,24+/m0/s1. The van der Waals surface area contributed by atoms with Gasteiger partial charge in [0.25, 0.3) is 0 Å². The second kappa shape index (κ2) is 7.13. The maximum Gasteiger partial charge on any atom is 0.165 e. The largest absolute Gasteiger partial charge is 0.515 e. The van der Waals surface area contributed by atoms with Gasteiger partial charge in [0.15, 0.2) is 11.6 Å². The summed E-state index contributed by atoms with van der Waals surface area (Å²) in [4.78, 5) is 30.7. The van der Waals surface area contributed by atoms with E-state index < -0.39 is 5.41 Å². The molecule has 0 radical (unpaired) electrons. The van der Waals surface area contributed by atoms with Gasteiger partial charge < -0.3 is 5.11 Å². The minimum absolute atomic E-state index is 0.0308. The van der Waals surface area contributed by atoms with Crippen LogP contribution in [0.4, 0.5) is 0 Å². The van der Waals surface area contributed by atoms with Crippen LogP contribution in [0.5, 0.6) is 0 Å². The number of aliphatic hydroxyl groups is 1. The molecule has 2 aliphatic rings. The molecule has 3 aromatic rings. The minimum Gasteiger partial charge on any atom is -0.515 e. The second-order valence-electron chi connectivity index (χ2n) is 8.16. The van der Waals surface area contributed by atoms with E-state index in [4.69, 9.17) is 4.98 Å². The van der Waals surface area contributed by atoms with E-state index in [1.54, 1.807) is 12.4 Å². The number of aryl methyl sites for hydroxylation is 1. The van der Waals surface area contributed by atoms with E-state index in [0.29, 0.717) is 17.8 Å². The molecular weight excluding hydrogens is 376 g/mol. The highest BCUT2D eigenvalue weighted by atomic mass is 16.2. The van der Waals surface area contributed by atoms with Gasteiger partial charge in [0.2, 0.25) is 0 Å². The van der Waals surface area contributed by atoms with E-state index >= 15 is 0 Å². The molecule has 150 valence electrons. The number of hydrogen-bond acceptors (Lipinski definition) is 6. The van der Waals surface area contributed by atoms with Crippen molar-refractivity contribution < 1.29 is 9.90 Å². The van der Waals surface area contributed by atoms with Crippen molar-refractivity contribution in [3.05, 3.63) is 83.9 Å². The molecule has 0 amide bonds. The lowest BCUT2D eigenvalue weighted by Crippen LogP contribution is -2.51. The first-order valence-electron chi connectivity index (χ1n) is 10.2. The number of ketones is 1. The maximum atomic E-state index is 12.9. The SMILES string of the molecule is C[C@@H]1C(=O)/C(=C\O)C[C@]2(c3ccccc3)c3nc(-c4cncnc4)ncc3CC[C@@H]12. The molecule has 0 saturated heterocycles. The molecule has 0 spiro atoms. The Hall–Kier alpha value is -3.41. The van der Waals surface area contributed by atoms with Crippen LogP contribution in [-0.4, -0.2) is 30.8 Å². The molecular formula is C24H22N4O2. The summed E-state index contributed by atoms with van der Waals surface area (Å²) in [5.41, 5.74) is 3.86. The zero-order chi connectivity index (χ0) is 20.7. The monoisotopic (exact) mass is 398 g/mol. The van der Waals surface area contributed by atoms with Crippen molar-refractivity contribution in [2.24, 2.45) is 11.8 Å². The van der Waals surface area contributed by atoms with Gasteiger partial charge in [-0.2, -0.15) is 0 Å². The van der Waals surface area contributed by atoms with Gasteiger partial charge in [-0.1, -0.05) is 37.3 Å². The predicted octanol–water partition coefficient (Wildman–Crippen LogP) is 3.83.